The molecule has 1 amide bonds. The lowest BCUT2D eigenvalue weighted by Gasteiger charge is -2.18. The van der Waals surface area contributed by atoms with Crippen LogP contribution in [0.3, 0.4) is 0 Å². The molecule has 2 N–H and O–H groups in total. The number of amides is 1. The standard InChI is InChI=1S/C21H22FN5O3/c1-26(8-9-28)12-15-13-27(21(29)30-15)14-5-6-16(18(22)10-14)20-17(11-24-25-20)19-4-2-3-7-23-19/h2-7,10-11,15,28H,8-9,12-13H2,1H3,(H,24,25). The number of cyclic esters (lactones) is 1. The number of halogens is 1. The number of hydrogen-bond acceptors (Lipinski definition) is 6. The number of aliphatic hydroxyl groups excluding tert-OH is 1. The van der Waals surface area contributed by atoms with Crippen molar-refractivity contribution in [3.63, 3.8) is 0 Å². The molecule has 9 heteroatoms. The Hall–Kier alpha value is -3.30. The van der Waals surface area contributed by atoms with Gasteiger partial charge in [0.05, 0.1) is 36.4 Å². The lowest BCUT2D eigenvalue weighted by Crippen LogP contribution is -2.34. The van der Waals surface area contributed by atoms with Gasteiger partial charge in [0.2, 0.25) is 0 Å². The van der Waals surface area contributed by atoms with Gasteiger partial charge in [-0.15, -0.1) is 0 Å². The van der Waals surface area contributed by atoms with Crippen LogP contribution in [0, 0.1) is 5.82 Å². The number of rotatable bonds is 7. The Labute approximate surface area is 172 Å². The van der Waals surface area contributed by atoms with Crippen LogP contribution in [0.5, 0.6) is 0 Å². The molecule has 0 spiro atoms. The van der Waals surface area contributed by atoms with Crippen molar-refractivity contribution >= 4 is 11.8 Å². The van der Waals surface area contributed by atoms with Gasteiger partial charge >= 0.3 is 6.09 Å². The number of carbonyl (C=O) groups excluding carboxylic acids is 1. The Bertz CT molecular complexity index is 1030. The first-order chi connectivity index (χ1) is 14.6. The SMILES string of the molecule is CN(CCO)CC1CN(c2ccc(-c3[nH]ncc3-c3ccccn3)c(F)c2)C(=O)O1. The van der Waals surface area contributed by atoms with E-state index in [9.17, 15) is 4.79 Å². The van der Waals surface area contributed by atoms with Gasteiger partial charge < -0.3 is 14.7 Å². The van der Waals surface area contributed by atoms with Gasteiger partial charge in [0.25, 0.3) is 0 Å². The lowest BCUT2D eigenvalue weighted by atomic mass is 10.0. The van der Waals surface area contributed by atoms with Gasteiger partial charge in [0, 0.05) is 30.4 Å². The van der Waals surface area contributed by atoms with E-state index in [-0.39, 0.29) is 12.7 Å². The Morgan fingerprint density at radius 3 is 2.93 bits per heavy atom. The number of ether oxygens (including phenoxy) is 1. The van der Waals surface area contributed by atoms with Crippen LogP contribution in [-0.4, -0.2) is 70.7 Å². The Morgan fingerprint density at radius 2 is 2.20 bits per heavy atom. The van der Waals surface area contributed by atoms with E-state index in [0.29, 0.717) is 47.8 Å². The van der Waals surface area contributed by atoms with Crippen molar-refractivity contribution in [2.24, 2.45) is 0 Å². The summed E-state index contributed by atoms with van der Waals surface area (Å²) in [6.07, 6.45) is 2.41. The first-order valence-corrected chi connectivity index (χ1v) is 9.59. The normalized spacial score (nSPS) is 16.3. The molecule has 0 radical (unpaired) electrons. The Kier molecular flexibility index (Phi) is 5.73. The third-order valence-electron chi connectivity index (χ3n) is 4.98. The summed E-state index contributed by atoms with van der Waals surface area (Å²) < 4.78 is 20.4. The molecule has 8 nitrogen and oxygen atoms in total. The molecule has 3 heterocycles. The molecule has 4 rings (SSSR count). The molecule has 0 saturated carbocycles. The number of pyridine rings is 1. The minimum Gasteiger partial charge on any atom is -0.443 e. The summed E-state index contributed by atoms with van der Waals surface area (Å²) in [6, 6.07) is 10.1. The topological polar surface area (TPSA) is 94.6 Å². The Balaban J connectivity index is 1.55. The van der Waals surface area contributed by atoms with Crippen LogP contribution >= 0.6 is 0 Å². The quantitative estimate of drug-likeness (QED) is 0.621. The second-order valence-corrected chi connectivity index (χ2v) is 7.14. The summed E-state index contributed by atoms with van der Waals surface area (Å²) in [5, 5.41) is 15.9. The van der Waals surface area contributed by atoms with Crippen molar-refractivity contribution in [1.29, 1.82) is 0 Å². The van der Waals surface area contributed by atoms with E-state index < -0.39 is 11.9 Å². The molecule has 3 aromatic rings. The summed E-state index contributed by atoms with van der Waals surface area (Å²) in [5.74, 6) is -0.484. The molecule has 1 aromatic carbocycles. The highest BCUT2D eigenvalue weighted by Crippen LogP contribution is 2.33. The van der Waals surface area contributed by atoms with Crippen molar-refractivity contribution in [2.75, 3.05) is 38.2 Å². The van der Waals surface area contributed by atoms with E-state index in [1.807, 2.05) is 30.1 Å². The summed E-state index contributed by atoms with van der Waals surface area (Å²) in [4.78, 5) is 19.9. The number of aromatic amines is 1. The molecule has 2 aromatic heterocycles. The molecule has 156 valence electrons. The summed E-state index contributed by atoms with van der Waals surface area (Å²) in [5.41, 5.74) is 2.65. The average molecular weight is 411 g/mol. The largest absolute Gasteiger partial charge is 0.443 e. The molecule has 1 aliphatic heterocycles. The molecule has 1 atom stereocenters. The van der Waals surface area contributed by atoms with Crippen LogP contribution in [0.25, 0.3) is 22.5 Å². The maximum absolute atomic E-state index is 15.0. The molecular weight excluding hydrogens is 389 g/mol. The predicted molar refractivity (Wildman–Crippen MR) is 109 cm³/mol. The smallest absolute Gasteiger partial charge is 0.414 e. The molecule has 0 bridgehead atoms. The number of aliphatic hydroxyl groups is 1. The zero-order chi connectivity index (χ0) is 21.1. The van der Waals surface area contributed by atoms with E-state index in [4.69, 9.17) is 9.84 Å². The van der Waals surface area contributed by atoms with Gasteiger partial charge in [-0.05, 0) is 37.4 Å². The fraction of sp³-hybridized carbons (Fsp3) is 0.286. The van der Waals surface area contributed by atoms with Gasteiger partial charge in [-0.25, -0.2) is 9.18 Å². The van der Waals surface area contributed by atoms with E-state index in [1.165, 1.54) is 11.0 Å². The van der Waals surface area contributed by atoms with E-state index in [1.54, 1.807) is 24.5 Å². The lowest BCUT2D eigenvalue weighted by molar-refractivity contribution is 0.110. The molecule has 30 heavy (non-hydrogen) atoms. The highest BCUT2D eigenvalue weighted by atomic mass is 19.1. The van der Waals surface area contributed by atoms with Gasteiger partial charge in [0.1, 0.15) is 11.9 Å². The summed E-state index contributed by atoms with van der Waals surface area (Å²) in [6.45, 7) is 1.32. The van der Waals surface area contributed by atoms with Crippen LogP contribution in [0.2, 0.25) is 0 Å². The Morgan fingerprint density at radius 1 is 1.33 bits per heavy atom. The molecular formula is C21H22FN5O3. The third kappa shape index (κ3) is 4.03. The molecule has 1 fully saturated rings. The van der Waals surface area contributed by atoms with Crippen LogP contribution < -0.4 is 4.90 Å². The predicted octanol–water partition coefficient (Wildman–Crippen LogP) is 2.53. The van der Waals surface area contributed by atoms with Crippen molar-refractivity contribution in [2.45, 2.75) is 6.10 Å². The second kappa shape index (κ2) is 8.60. The highest BCUT2D eigenvalue weighted by Gasteiger charge is 2.33. The minimum absolute atomic E-state index is 0.0294. The number of benzene rings is 1. The number of likely N-dealkylation sites (N-methyl/N-ethyl adjacent to an activating group) is 1. The van der Waals surface area contributed by atoms with Crippen molar-refractivity contribution in [3.8, 4) is 22.5 Å². The molecule has 1 aliphatic rings. The van der Waals surface area contributed by atoms with Gasteiger partial charge in [-0.1, -0.05) is 6.07 Å². The maximum Gasteiger partial charge on any atom is 0.414 e. The zero-order valence-corrected chi connectivity index (χ0v) is 16.5. The van der Waals surface area contributed by atoms with E-state index in [0.717, 1.165) is 0 Å². The van der Waals surface area contributed by atoms with Crippen molar-refractivity contribution in [1.82, 2.24) is 20.1 Å². The fourth-order valence-corrected chi connectivity index (χ4v) is 3.52. The average Bonchev–Trinajstić information content (AvgIpc) is 3.35. The number of H-pyrrole nitrogens is 1. The van der Waals surface area contributed by atoms with Crippen LogP contribution in [0.15, 0.2) is 48.8 Å². The van der Waals surface area contributed by atoms with Crippen molar-refractivity contribution in [3.05, 3.63) is 54.6 Å². The number of nitrogens with zero attached hydrogens (tertiary/aromatic N) is 4. The number of anilines is 1. The molecule has 1 unspecified atom stereocenters. The van der Waals surface area contributed by atoms with E-state index in [2.05, 4.69) is 15.2 Å². The van der Waals surface area contributed by atoms with Gasteiger partial charge in [0.15, 0.2) is 0 Å². The summed E-state index contributed by atoms with van der Waals surface area (Å²) >= 11 is 0. The second-order valence-electron chi connectivity index (χ2n) is 7.14. The number of carbonyl (C=O) groups is 1. The van der Waals surface area contributed by atoms with Crippen LogP contribution in [-0.2, 0) is 4.74 Å². The zero-order valence-electron chi connectivity index (χ0n) is 16.5. The first kappa shape index (κ1) is 20.0. The highest BCUT2D eigenvalue weighted by molar-refractivity contribution is 5.90. The molecule has 1 saturated heterocycles. The maximum atomic E-state index is 15.0. The summed E-state index contributed by atoms with van der Waals surface area (Å²) in [7, 11) is 1.84. The number of hydrogen-bond donors (Lipinski definition) is 2. The van der Waals surface area contributed by atoms with Crippen LogP contribution in [0.4, 0.5) is 14.9 Å². The van der Waals surface area contributed by atoms with Gasteiger partial charge in [-0.3, -0.25) is 15.0 Å². The van der Waals surface area contributed by atoms with Crippen LogP contribution in [0.1, 0.15) is 0 Å². The number of aromatic nitrogens is 3. The third-order valence-corrected chi connectivity index (χ3v) is 4.98. The van der Waals surface area contributed by atoms with Gasteiger partial charge in [-0.2, -0.15) is 5.10 Å². The minimum atomic E-state index is -0.514. The molecule has 0 aliphatic carbocycles. The first-order valence-electron chi connectivity index (χ1n) is 9.59. The van der Waals surface area contributed by atoms with Crippen molar-refractivity contribution < 1.29 is 19.0 Å². The van der Waals surface area contributed by atoms with E-state index >= 15 is 4.39 Å². The number of nitrogens with one attached hydrogen (secondary N) is 1. The monoisotopic (exact) mass is 411 g/mol. The fourth-order valence-electron chi connectivity index (χ4n) is 3.52.